The Morgan fingerprint density at radius 3 is 2.61 bits per heavy atom. The highest BCUT2D eigenvalue weighted by molar-refractivity contribution is 7.20. The molecule has 2 aromatic rings. The van der Waals surface area contributed by atoms with Crippen LogP contribution in [-0.4, -0.2) is 39.8 Å². The molecule has 6 nitrogen and oxygen atoms in total. The van der Waals surface area contributed by atoms with Crippen molar-refractivity contribution in [1.82, 2.24) is 9.97 Å². The lowest BCUT2D eigenvalue weighted by Gasteiger charge is -2.16. The van der Waals surface area contributed by atoms with E-state index in [2.05, 4.69) is 15.3 Å². The van der Waals surface area contributed by atoms with Crippen LogP contribution in [0, 0.1) is 13.8 Å². The Kier molecular flexibility index (Phi) is 5.54. The van der Waals surface area contributed by atoms with Gasteiger partial charge in [-0.2, -0.15) is 0 Å². The van der Waals surface area contributed by atoms with Gasteiger partial charge in [0.15, 0.2) is 0 Å². The number of carbonyl (C=O) groups excluding carboxylic acids is 1. The molecule has 2 N–H and O–H groups in total. The number of nitrogens with one attached hydrogen (secondary N) is 1. The molecule has 0 radical (unpaired) electrons. The maximum Gasteiger partial charge on any atom is 0.348 e. The largest absolute Gasteiger partial charge is 0.459 e. The SMILES string of the molecule is CCC(CO)Nc1nc(C)nc2sc(C(=O)OC(C)C)c(C)c12. The summed E-state index contributed by atoms with van der Waals surface area (Å²) in [5.41, 5.74) is 0.811. The molecule has 0 bridgehead atoms. The highest BCUT2D eigenvalue weighted by atomic mass is 32.1. The van der Waals surface area contributed by atoms with Gasteiger partial charge in [0.25, 0.3) is 0 Å². The number of anilines is 1. The average molecular weight is 337 g/mol. The van der Waals surface area contributed by atoms with Gasteiger partial charge in [0.2, 0.25) is 0 Å². The lowest BCUT2D eigenvalue weighted by molar-refractivity contribution is 0.0383. The van der Waals surface area contributed by atoms with E-state index in [1.807, 2.05) is 34.6 Å². The van der Waals surface area contributed by atoms with E-state index < -0.39 is 0 Å². The summed E-state index contributed by atoms with van der Waals surface area (Å²) in [5, 5.41) is 13.5. The molecule has 0 spiro atoms. The molecule has 7 heteroatoms. The minimum atomic E-state index is -0.335. The molecular formula is C16H23N3O3S. The van der Waals surface area contributed by atoms with Gasteiger partial charge in [-0.05, 0) is 39.7 Å². The van der Waals surface area contributed by atoms with Gasteiger partial charge in [0, 0.05) is 0 Å². The van der Waals surface area contributed by atoms with Crippen LogP contribution in [0.25, 0.3) is 10.2 Å². The van der Waals surface area contributed by atoms with E-state index in [4.69, 9.17) is 4.74 Å². The number of hydrogen-bond acceptors (Lipinski definition) is 7. The van der Waals surface area contributed by atoms with Gasteiger partial charge < -0.3 is 15.2 Å². The molecule has 0 saturated carbocycles. The minimum absolute atomic E-state index is 0.0203. The molecule has 0 amide bonds. The zero-order chi connectivity index (χ0) is 17.1. The van der Waals surface area contributed by atoms with Gasteiger partial charge in [0.05, 0.1) is 24.1 Å². The monoisotopic (exact) mass is 337 g/mol. The van der Waals surface area contributed by atoms with Crippen molar-refractivity contribution in [2.45, 2.75) is 53.2 Å². The first-order valence-electron chi connectivity index (χ1n) is 7.73. The van der Waals surface area contributed by atoms with E-state index in [0.29, 0.717) is 16.5 Å². The van der Waals surface area contributed by atoms with Crippen molar-refractivity contribution in [3.63, 3.8) is 0 Å². The first kappa shape index (κ1) is 17.6. The first-order valence-corrected chi connectivity index (χ1v) is 8.55. The molecule has 2 rings (SSSR count). The number of rotatable bonds is 6. The number of nitrogens with zero attached hydrogens (tertiary/aromatic N) is 2. The molecule has 0 aromatic carbocycles. The van der Waals surface area contributed by atoms with Gasteiger partial charge in [-0.25, -0.2) is 14.8 Å². The first-order chi connectivity index (χ1) is 10.9. The van der Waals surface area contributed by atoms with Crippen molar-refractivity contribution in [2.24, 2.45) is 0 Å². The Balaban J connectivity index is 2.52. The second kappa shape index (κ2) is 7.23. The predicted octanol–water partition coefficient (Wildman–Crippen LogP) is 3.06. The van der Waals surface area contributed by atoms with Gasteiger partial charge in [-0.3, -0.25) is 0 Å². The van der Waals surface area contributed by atoms with E-state index in [-0.39, 0.29) is 24.7 Å². The van der Waals surface area contributed by atoms with E-state index in [1.165, 1.54) is 11.3 Å². The number of aliphatic hydroxyl groups is 1. The molecule has 2 heterocycles. The van der Waals surface area contributed by atoms with E-state index in [9.17, 15) is 9.90 Å². The summed E-state index contributed by atoms with van der Waals surface area (Å²) in [6, 6.07) is -0.0853. The highest BCUT2D eigenvalue weighted by Gasteiger charge is 2.22. The number of esters is 1. The molecule has 0 aliphatic rings. The third kappa shape index (κ3) is 3.79. The number of aliphatic hydroxyl groups excluding tert-OH is 1. The number of hydrogen-bond donors (Lipinski definition) is 2. The Morgan fingerprint density at radius 2 is 2.04 bits per heavy atom. The highest BCUT2D eigenvalue weighted by Crippen LogP contribution is 2.34. The maximum absolute atomic E-state index is 12.3. The lowest BCUT2D eigenvalue weighted by Crippen LogP contribution is -2.23. The Morgan fingerprint density at radius 1 is 1.35 bits per heavy atom. The zero-order valence-corrected chi connectivity index (χ0v) is 15.0. The van der Waals surface area contributed by atoms with Gasteiger partial charge in [-0.15, -0.1) is 11.3 Å². The topological polar surface area (TPSA) is 84.3 Å². The number of aryl methyl sites for hydroxylation is 2. The van der Waals surface area contributed by atoms with E-state index >= 15 is 0 Å². The molecule has 0 fully saturated rings. The van der Waals surface area contributed by atoms with Crippen LogP contribution >= 0.6 is 11.3 Å². The van der Waals surface area contributed by atoms with Crippen molar-refractivity contribution < 1.29 is 14.6 Å². The Hall–Kier alpha value is -1.73. The van der Waals surface area contributed by atoms with E-state index in [0.717, 1.165) is 22.2 Å². The van der Waals surface area contributed by atoms with Crippen LogP contribution in [0.3, 0.4) is 0 Å². The predicted molar refractivity (Wildman–Crippen MR) is 92.2 cm³/mol. The standard InChI is InChI=1S/C16H23N3O3S/c1-6-11(7-20)19-14-12-9(4)13(16(21)22-8(2)3)23-15(12)18-10(5)17-14/h8,11,20H,6-7H2,1-5H3,(H,17,18,19). The summed E-state index contributed by atoms with van der Waals surface area (Å²) in [4.78, 5) is 22.4. The van der Waals surface area contributed by atoms with Crippen molar-refractivity contribution in [3.8, 4) is 0 Å². The summed E-state index contributed by atoms with van der Waals surface area (Å²) in [5.74, 6) is 0.946. The Bertz CT molecular complexity index is 708. The van der Waals surface area contributed by atoms with Crippen molar-refractivity contribution in [3.05, 3.63) is 16.3 Å². The Labute approximate surface area is 139 Å². The third-order valence-electron chi connectivity index (χ3n) is 3.48. The number of thiophene rings is 1. The van der Waals surface area contributed by atoms with Crippen molar-refractivity contribution >= 4 is 33.3 Å². The zero-order valence-electron chi connectivity index (χ0n) is 14.1. The fourth-order valence-corrected chi connectivity index (χ4v) is 3.39. The van der Waals surface area contributed by atoms with Crippen LogP contribution in [0.2, 0.25) is 0 Å². The normalized spacial score (nSPS) is 12.7. The fraction of sp³-hybridized carbons (Fsp3) is 0.562. The van der Waals surface area contributed by atoms with Gasteiger partial charge in [0.1, 0.15) is 21.3 Å². The second-order valence-corrected chi connectivity index (χ2v) is 6.74. The molecule has 1 atom stereocenters. The summed E-state index contributed by atoms with van der Waals surface area (Å²) in [7, 11) is 0. The van der Waals surface area contributed by atoms with Crippen LogP contribution in [0.5, 0.6) is 0 Å². The average Bonchev–Trinajstić information content (AvgIpc) is 2.80. The van der Waals surface area contributed by atoms with Crippen LogP contribution < -0.4 is 5.32 Å². The van der Waals surface area contributed by atoms with Crippen LogP contribution in [0.15, 0.2) is 0 Å². The molecule has 1 unspecified atom stereocenters. The third-order valence-corrected chi connectivity index (χ3v) is 4.65. The number of ether oxygens (including phenoxy) is 1. The second-order valence-electron chi connectivity index (χ2n) is 5.74. The molecule has 126 valence electrons. The van der Waals surface area contributed by atoms with Crippen LogP contribution in [0.1, 0.15) is 48.3 Å². The molecule has 2 aromatic heterocycles. The fourth-order valence-electron chi connectivity index (χ4n) is 2.28. The molecule has 0 saturated heterocycles. The minimum Gasteiger partial charge on any atom is -0.459 e. The van der Waals surface area contributed by atoms with Crippen LogP contribution in [0.4, 0.5) is 5.82 Å². The summed E-state index contributed by atoms with van der Waals surface area (Å²) < 4.78 is 5.30. The molecule has 0 aliphatic heterocycles. The molecular weight excluding hydrogens is 314 g/mol. The molecule has 23 heavy (non-hydrogen) atoms. The number of aromatic nitrogens is 2. The van der Waals surface area contributed by atoms with Gasteiger partial charge >= 0.3 is 5.97 Å². The number of carbonyl (C=O) groups is 1. The number of fused-ring (bicyclic) bond motifs is 1. The van der Waals surface area contributed by atoms with Crippen molar-refractivity contribution in [1.29, 1.82) is 0 Å². The summed E-state index contributed by atoms with van der Waals surface area (Å²) in [6.45, 7) is 9.35. The van der Waals surface area contributed by atoms with Crippen molar-refractivity contribution in [2.75, 3.05) is 11.9 Å². The van der Waals surface area contributed by atoms with Gasteiger partial charge in [-0.1, -0.05) is 6.92 Å². The lowest BCUT2D eigenvalue weighted by atomic mass is 10.1. The van der Waals surface area contributed by atoms with Crippen LogP contribution in [-0.2, 0) is 4.74 Å². The summed E-state index contributed by atoms with van der Waals surface area (Å²) in [6.07, 6.45) is 0.600. The molecule has 0 aliphatic carbocycles. The maximum atomic E-state index is 12.3. The quantitative estimate of drug-likeness (QED) is 0.788. The van der Waals surface area contributed by atoms with E-state index in [1.54, 1.807) is 0 Å². The smallest absolute Gasteiger partial charge is 0.348 e. The summed E-state index contributed by atoms with van der Waals surface area (Å²) >= 11 is 1.32.